The first kappa shape index (κ1) is 25.2. The van der Waals surface area contributed by atoms with Gasteiger partial charge in [-0.3, -0.25) is 0 Å². The highest BCUT2D eigenvalue weighted by Gasteiger charge is 2.17. The molecule has 1 unspecified atom stereocenters. The zero-order valence-electron chi connectivity index (χ0n) is 18.3. The van der Waals surface area contributed by atoms with Crippen LogP contribution in [0.15, 0.2) is 46.6 Å². The van der Waals surface area contributed by atoms with Crippen molar-refractivity contribution in [1.29, 1.82) is 0 Å². The van der Waals surface area contributed by atoms with Crippen LogP contribution in [0, 0.1) is 0 Å². The van der Waals surface area contributed by atoms with Gasteiger partial charge in [-0.2, -0.15) is 0 Å². The second-order valence-corrected chi connectivity index (χ2v) is 8.69. The van der Waals surface area contributed by atoms with E-state index in [1.165, 1.54) is 41.6 Å². The van der Waals surface area contributed by atoms with Gasteiger partial charge in [-0.15, -0.1) is 0 Å². The second kappa shape index (κ2) is 14.3. The maximum atomic E-state index is 6.19. The maximum absolute atomic E-state index is 6.19. The lowest BCUT2D eigenvalue weighted by Gasteiger charge is -2.18. The minimum atomic E-state index is -0.537. The summed E-state index contributed by atoms with van der Waals surface area (Å²) in [4.78, 5) is 0. The summed E-state index contributed by atoms with van der Waals surface area (Å²) in [5.41, 5.74) is 5.86. The van der Waals surface area contributed by atoms with Crippen LogP contribution in [0.5, 0.6) is 0 Å². The zero-order chi connectivity index (χ0) is 20.0. The summed E-state index contributed by atoms with van der Waals surface area (Å²) in [7, 11) is 1.66. The average Bonchev–Trinajstić information content (AvgIpc) is 2.54. The van der Waals surface area contributed by atoms with Gasteiger partial charge < -0.3 is 4.74 Å². The van der Waals surface area contributed by atoms with Crippen LogP contribution in [0.25, 0.3) is 0 Å². The molecule has 1 atom stereocenters. The molecular formula is C24H41ClO. The van der Waals surface area contributed by atoms with Crippen molar-refractivity contribution in [2.75, 3.05) is 7.11 Å². The summed E-state index contributed by atoms with van der Waals surface area (Å²) < 4.78 is 5.24. The van der Waals surface area contributed by atoms with Crippen molar-refractivity contribution < 1.29 is 4.74 Å². The van der Waals surface area contributed by atoms with Crippen LogP contribution in [-0.2, 0) is 4.74 Å². The molecule has 0 bridgehead atoms. The maximum Gasteiger partial charge on any atom is 0.138 e. The third kappa shape index (κ3) is 15.5. The Balaban J connectivity index is 4.05. The highest BCUT2D eigenvalue weighted by atomic mass is 35.5. The molecule has 26 heavy (non-hydrogen) atoms. The van der Waals surface area contributed by atoms with E-state index in [0.29, 0.717) is 0 Å². The first-order chi connectivity index (χ1) is 12.2. The van der Waals surface area contributed by atoms with Crippen molar-refractivity contribution in [3.8, 4) is 0 Å². The fourth-order valence-electron chi connectivity index (χ4n) is 2.67. The molecule has 0 saturated carbocycles. The molecule has 0 fully saturated rings. The molecule has 0 amide bonds. The molecular weight excluding hydrogens is 340 g/mol. The molecule has 0 aromatic rings. The van der Waals surface area contributed by atoms with Crippen molar-refractivity contribution in [2.24, 2.45) is 0 Å². The van der Waals surface area contributed by atoms with Crippen LogP contribution >= 0.6 is 11.6 Å². The van der Waals surface area contributed by atoms with Crippen LogP contribution < -0.4 is 0 Å². The highest BCUT2D eigenvalue weighted by molar-refractivity contribution is 6.22. The van der Waals surface area contributed by atoms with Crippen LogP contribution in [0.3, 0.4) is 0 Å². The van der Waals surface area contributed by atoms with Crippen LogP contribution in [0.4, 0.5) is 0 Å². The molecule has 150 valence electrons. The Hall–Kier alpha value is -0.790. The number of halogens is 1. The minimum absolute atomic E-state index is 0.537. The Morgan fingerprint density at radius 1 is 0.731 bits per heavy atom. The van der Waals surface area contributed by atoms with Crippen LogP contribution in [0.2, 0.25) is 0 Å². The average molecular weight is 381 g/mol. The van der Waals surface area contributed by atoms with Crippen LogP contribution in [-0.4, -0.2) is 12.2 Å². The summed E-state index contributed by atoms with van der Waals surface area (Å²) in [5, 5.41) is -0.537. The summed E-state index contributed by atoms with van der Waals surface area (Å²) in [6.07, 6.45) is 18.1. The topological polar surface area (TPSA) is 9.23 Å². The minimum Gasteiger partial charge on any atom is -0.363 e. The lowest BCUT2D eigenvalue weighted by molar-refractivity contribution is 0.0734. The Bertz CT molecular complexity index is 502. The summed E-state index contributed by atoms with van der Waals surface area (Å²) in [5.74, 6) is 0. The molecule has 0 N–H and O–H groups in total. The molecule has 0 spiro atoms. The SMILES string of the molecule is COC(C)(Cl)CC/C=C(\C)CC/C=C(\C)CC/C=C(\C)CCC=C(C)C. The predicted molar refractivity (Wildman–Crippen MR) is 119 cm³/mol. The quantitative estimate of drug-likeness (QED) is 0.230. The van der Waals surface area contributed by atoms with Gasteiger partial charge in [-0.1, -0.05) is 58.2 Å². The van der Waals surface area contributed by atoms with Crippen molar-refractivity contribution >= 4 is 11.6 Å². The largest absolute Gasteiger partial charge is 0.363 e. The number of alkyl halides is 1. The van der Waals surface area contributed by atoms with Gasteiger partial charge in [-0.25, -0.2) is 0 Å². The number of rotatable bonds is 13. The van der Waals surface area contributed by atoms with Gasteiger partial charge in [0.1, 0.15) is 5.06 Å². The van der Waals surface area contributed by atoms with Gasteiger partial charge >= 0.3 is 0 Å². The fraction of sp³-hybridized carbons (Fsp3) is 0.667. The Kier molecular flexibility index (Phi) is 13.9. The molecule has 0 aliphatic heterocycles. The summed E-state index contributed by atoms with van der Waals surface area (Å²) >= 11 is 6.19. The highest BCUT2D eigenvalue weighted by Crippen LogP contribution is 2.22. The number of methoxy groups -OCH3 is 1. The van der Waals surface area contributed by atoms with E-state index in [-0.39, 0.29) is 0 Å². The van der Waals surface area contributed by atoms with Crippen molar-refractivity contribution in [3.05, 3.63) is 46.6 Å². The standard InChI is InChI=1S/C24H41ClO/c1-20(2)12-8-13-21(3)14-9-15-22(4)16-10-17-23(5)18-11-19-24(6,25)26-7/h12,14,16,18H,8-11,13,15,17,19H2,1-7H3/b21-14+,22-16+,23-18+. The zero-order valence-corrected chi connectivity index (χ0v) is 19.0. The number of hydrogen-bond donors (Lipinski definition) is 0. The monoisotopic (exact) mass is 380 g/mol. The smallest absolute Gasteiger partial charge is 0.138 e. The van der Waals surface area contributed by atoms with E-state index in [2.05, 4.69) is 58.9 Å². The molecule has 0 radical (unpaired) electrons. The Morgan fingerprint density at radius 3 is 1.50 bits per heavy atom. The molecule has 1 nitrogen and oxygen atoms in total. The fourth-order valence-corrected chi connectivity index (χ4v) is 2.77. The lowest BCUT2D eigenvalue weighted by Crippen LogP contribution is -2.17. The second-order valence-electron chi connectivity index (χ2n) is 7.89. The lowest BCUT2D eigenvalue weighted by atomic mass is 10.0. The molecule has 0 aliphatic rings. The first-order valence-electron chi connectivity index (χ1n) is 10.0. The van der Waals surface area contributed by atoms with Gasteiger partial charge in [0.15, 0.2) is 0 Å². The third-order valence-electron chi connectivity index (χ3n) is 4.66. The molecule has 0 aliphatic carbocycles. The third-order valence-corrected chi connectivity index (χ3v) is 5.01. The first-order valence-corrected chi connectivity index (χ1v) is 10.4. The molecule has 2 heteroatoms. The van der Waals surface area contributed by atoms with Crippen LogP contribution in [0.1, 0.15) is 92.9 Å². The normalized spacial score (nSPS) is 15.8. The molecule has 0 aromatic heterocycles. The predicted octanol–water partition coefficient (Wildman–Crippen LogP) is 8.51. The van der Waals surface area contributed by atoms with Crippen molar-refractivity contribution in [1.82, 2.24) is 0 Å². The Morgan fingerprint density at radius 2 is 1.12 bits per heavy atom. The molecule has 0 rings (SSSR count). The van der Waals surface area contributed by atoms with Gasteiger partial charge in [-0.05, 0) is 92.9 Å². The number of allylic oxidation sites excluding steroid dienone is 8. The molecule has 0 saturated heterocycles. The van der Waals surface area contributed by atoms with Crippen molar-refractivity contribution in [2.45, 2.75) is 98.0 Å². The number of ether oxygens (including phenoxy) is 1. The van der Waals surface area contributed by atoms with E-state index in [9.17, 15) is 0 Å². The Labute approximate surface area is 168 Å². The van der Waals surface area contributed by atoms with Gasteiger partial charge in [0.2, 0.25) is 0 Å². The van der Waals surface area contributed by atoms with Crippen molar-refractivity contribution in [3.63, 3.8) is 0 Å². The van der Waals surface area contributed by atoms with E-state index >= 15 is 0 Å². The van der Waals surface area contributed by atoms with E-state index in [4.69, 9.17) is 16.3 Å². The van der Waals surface area contributed by atoms with E-state index in [1.807, 2.05) is 6.92 Å². The van der Waals surface area contributed by atoms with Gasteiger partial charge in [0.05, 0.1) is 0 Å². The van der Waals surface area contributed by atoms with E-state index in [0.717, 1.165) is 32.1 Å². The number of hydrogen-bond acceptors (Lipinski definition) is 1. The van der Waals surface area contributed by atoms with E-state index in [1.54, 1.807) is 7.11 Å². The van der Waals surface area contributed by atoms with E-state index < -0.39 is 5.06 Å². The van der Waals surface area contributed by atoms with Gasteiger partial charge in [0.25, 0.3) is 0 Å². The molecule has 0 aromatic carbocycles. The van der Waals surface area contributed by atoms with Gasteiger partial charge in [0, 0.05) is 7.11 Å². The molecule has 0 heterocycles. The summed E-state index contributed by atoms with van der Waals surface area (Å²) in [6.45, 7) is 13.0. The summed E-state index contributed by atoms with van der Waals surface area (Å²) in [6, 6.07) is 0.